The number of amides is 1. The molecule has 0 spiro atoms. The standard InChI is InChI=1S/C18H19ClFN5O2/c1-11-17(21-18(26)16-6-7-24(23-16)10-27-3)12(2)25(22-11)9-13-4-5-14(20)8-15(13)19/h4-8H,9-10H2,1-3H3,(H,21,26). The van der Waals surface area contributed by atoms with E-state index in [2.05, 4.69) is 15.5 Å². The molecule has 27 heavy (non-hydrogen) atoms. The van der Waals surface area contributed by atoms with Crippen LogP contribution < -0.4 is 5.32 Å². The number of hydrogen-bond acceptors (Lipinski definition) is 4. The Morgan fingerprint density at radius 1 is 1.30 bits per heavy atom. The number of rotatable bonds is 6. The fraction of sp³-hybridized carbons (Fsp3) is 0.278. The number of halogens is 2. The van der Waals surface area contributed by atoms with Crippen LogP contribution in [0.15, 0.2) is 30.5 Å². The molecule has 2 heterocycles. The molecule has 2 aromatic heterocycles. The van der Waals surface area contributed by atoms with Gasteiger partial charge in [0.25, 0.3) is 5.91 Å². The number of nitrogens with one attached hydrogen (secondary N) is 1. The molecule has 0 saturated carbocycles. The normalized spacial score (nSPS) is 11.0. The second-order valence-corrected chi connectivity index (χ2v) is 6.46. The van der Waals surface area contributed by atoms with Gasteiger partial charge in [0, 0.05) is 18.3 Å². The Bertz CT molecular complexity index is 982. The van der Waals surface area contributed by atoms with Crippen LogP contribution >= 0.6 is 11.6 Å². The fourth-order valence-electron chi connectivity index (χ4n) is 2.71. The number of aryl methyl sites for hydroxylation is 1. The first-order chi connectivity index (χ1) is 12.9. The van der Waals surface area contributed by atoms with E-state index >= 15 is 0 Å². The highest BCUT2D eigenvalue weighted by molar-refractivity contribution is 6.31. The maximum atomic E-state index is 13.2. The van der Waals surface area contributed by atoms with Crippen LogP contribution in [0.1, 0.15) is 27.4 Å². The molecule has 7 nitrogen and oxygen atoms in total. The number of aromatic nitrogens is 4. The highest BCUT2D eigenvalue weighted by Gasteiger charge is 2.17. The molecule has 0 unspecified atom stereocenters. The molecule has 1 aromatic carbocycles. The van der Waals surface area contributed by atoms with Crippen LogP contribution in [0.5, 0.6) is 0 Å². The van der Waals surface area contributed by atoms with E-state index in [-0.39, 0.29) is 18.3 Å². The zero-order valence-electron chi connectivity index (χ0n) is 15.2. The Morgan fingerprint density at radius 2 is 2.07 bits per heavy atom. The molecular formula is C18H19ClFN5O2. The minimum absolute atomic E-state index is 0.266. The summed E-state index contributed by atoms with van der Waals surface area (Å²) in [6.07, 6.45) is 1.66. The average Bonchev–Trinajstić information content (AvgIpc) is 3.18. The maximum Gasteiger partial charge on any atom is 0.276 e. The number of ether oxygens (including phenoxy) is 1. The zero-order valence-corrected chi connectivity index (χ0v) is 15.9. The summed E-state index contributed by atoms with van der Waals surface area (Å²) in [5.41, 5.74) is 3.05. The molecule has 0 aliphatic heterocycles. The Hall–Kier alpha value is -2.71. The van der Waals surface area contributed by atoms with E-state index in [0.717, 1.165) is 11.3 Å². The molecule has 9 heteroatoms. The summed E-state index contributed by atoms with van der Waals surface area (Å²) in [6, 6.07) is 5.85. The van der Waals surface area contributed by atoms with Gasteiger partial charge in [-0.1, -0.05) is 17.7 Å². The lowest BCUT2D eigenvalue weighted by molar-refractivity contribution is 0.101. The van der Waals surface area contributed by atoms with Gasteiger partial charge in [0.2, 0.25) is 0 Å². The van der Waals surface area contributed by atoms with Crippen molar-refractivity contribution in [3.63, 3.8) is 0 Å². The zero-order chi connectivity index (χ0) is 19.6. The summed E-state index contributed by atoms with van der Waals surface area (Å²) >= 11 is 6.10. The number of benzene rings is 1. The van der Waals surface area contributed by atoms with E-state index in [1.165, 1.54) is 16.8 Å². The predicted octanol–water partition coefficient (Wildman–Crippen LogP) is 3.39. The van der Waals surface area contributed by atoms with Crippen LogP contribution in [0, 0.1) is 19.7 Å². The number of anilines is 1. The monoisotopic (exact) mass is 391 g/mol. The van der Waals surface area contributed by atoms with Crippen molar-refractivity contribution in [3.05, 3.63) is 63.9 Å². The Labute approximate surface area is 160 Å². The Balaban J connectivity index is 1.79. The van der Waals surface area contributed by atoms with Gasteiger partial charge in [-0.05, 0) is 37.6 Å². The van der Waals surface area contributed by atoms with Gasteiger partial charge in [0.1, 0.15) is 12.5 Å². The van der Waals surface area contributed by atoms with E-state index in [9.17, 15) is 9.18 Å². The van der Waals surface area contributed by atoms with Gasteiger partial charge in [-0.2, -0.15) is 10.2 Å². The number of nitrogens with zero attached hydrogens (tertiary/aromatic N) is 4. The third kappa shape index (κ3) is 4.17. The molecule has 0 bridgehead atoms. The van der Waals surface area contributed by atoms with Gasteiger partial charge in [-0.15, -0.1) is 0 Å². The summed E-state index contributed by atoms with van der Waals surface area (Å²) < 4.78 is 21.4. The van der Waals surface area contributed by atoms with Crippen LogP contribution in [-0.2, 0) is 18.0 Å². The van der Waals surface area contributed by atoms with Crippen LogP contribution in [0.3, 0.4) is 0 Å². The second kappa shape index (κ2) is 7.89. The number of carbonyl (C=O) groups excluding carboxylic acids is 1. The van der Waals surface area contributed by atoms with E-state index in [0.29, 0.717) is 22.9 Å². The Morgan fingerprint density at radius 3 is 2.78 bits per heavy atom. The van der Waals surface area contributed by atoms with Crippen molar-refractivity contribution in [1.29, 1.82) is 0 Å². The maximum absolute atomic E-state index is 13.2. The van der Waals surface area contributed by atoms with Crippen molar-refractivity contribution in [1.82, 2.24) is 19.6 Å². The summed E-state index contributed by atoms with van der Waals surface area (Å²) in [6.45, 7) is 4.28. The molecular weight excluding hydrogens is 373 g/mol. The Kier molecular flexibility index (Phi) is 5.57. The van der Waals surface area contributed by atoms with Crippen molar-refractivity contribution in [2.75, 3.05) is 12.4 Å². The fourth-order valence-corrected chi connectivity index (χ4v) is 2.93. The summed E-state index contributed by atoms with van der Waals surface area (Å²) in [5, 5.41) is 11.8. The first-order valence-electron chi connectivity index (χ1n) is 8.20. The highest BCUT2D eigenvalue weighted by atomic mass is 35.5. The van der Waals surface area contributed by atoms with Crippen LogP contribution in [0.2, 0.25) is 5.02 Å². The topological polar surface area (TPSA) is 74.0 Å². The first kappa shape index (κ1) is 19.1. The van der Waals surface area contributed by atoms with Crippen molar-refractivity contribution in [2.45, 2.75) is 27.1 Å². The predicted molar refractivity (Wildman–Crippen MR) is 99.4 cm³/mol. The van der Waals surface area contributed by atoms with Crippen LogP contribution in [0.4, 0.5) is 10.1 Å². The first-order valence-corrected chi connectivity index (χ1v) is 8.58. The van der Waals surface area contributed by atoms with Gasteiger partial charge in [-0.25, -0.2) is 9.07 Å². The molecule has 142 valence electrons. The van der Waals surface area contributed by atoms with Gasteiger partial charge in [-0.3, -0.25) is 9.48 Å². The lowest BCUT2D eigenvalue weighted by atomic mass is 10.2. The summed E-state index contributed by atoms with van der Waals surface area (Å²) in [4.78, 5) is 12.5. The van der Waals surface area contributed by atoms with Gasteiger partial charge >= 0.3 is 0 Å². The third-order valence-corrected chi connectivity index (χ3v) is 4.44. The molecule has 0 aliphatic rings. The van der Waals surface area contributed by atoms with Crippen molar-refractivity contribution in [3.8, 4) is 0 Å². The van der Waals surface area contributed by atoms with Crippen LogP contribution in [-0.4, -0.2) is 32.6 Å². The van der Waals surface area contributed by atoms with Crippen molar-refractivity contribution in [2.24, 2.45) is 0 Å². The minimum Gasteiger partial charge on any atom is -0.362 e. The van der Waals surface area contributed by atoms with E-state index < -0.39 is 5.82 Å². The van der Waals surface area contributed by atoms with Crippen LogP contribution in [0.25, 0.3) is 0 Å². The molecule has 0 atom stereocenters. The molecule has 0 radical (unpaired) electrons. The average molecular weight is 392 g/mol. The van der Waals surface area contributed by atoms with Gasteiger partial charge in [0.05, 0.1) is 23.6 Å². The minimum atomic E-state index is -0.391. The second-order valence-electron chi connectivity index (χ2n) is 6.05. The SMILES string of the molecule is COCn1ccc(C(=O)Nc2c(C)nn(Cc3ccc(F)cc3Cl)c2C)n1. The summed E-state index contributed by atoms with van der Waals surface area (Å²) in [7, 11) is 1.55. The van der Waals surface area contributed by atoms with Crippen molar-refractivity contribution >= 4 is 23.2 Å². The van der Waals surface area contributed by atoms with Gasteiger partial charge in [0.15, 0.2) is 5.69 Å². The molecule has 0 fully saturated rings. The number of methoxy groups -OCH3 is 1. The molecule has 3 rings (SSSR count). The largest absolute Gasteiger partial charge is 0.362 e. The van der Waals surface area contributed by atoms with E-state index in [1.807, 2.05) is 6.92 Å². The lowest BCUT2D eigenvalue weighted by Crippen LogP contribution is -2.15. The smallest absolute Gasteiger partial charge is 0.276 e. The molecule has 0 saturated heterocycles. The number of carbonyl (C=O) groups is 1. The number of hydrogen-bond donors (Lipinski definition) is 1. The van der Waals surface area contributed by atoms with Crippen molar-refractivity contribution < 1.29 is 13.9 Å². The summed E-state index contributed by atoms with van der Waals surface area (Å²) in [5.74, 6) is -0.728. The quantitative estimate of drug-likeness (QED) is 0.699. The third-order valence-electron chi connectivity index (χ3n) is 4.09. The highest BCUT2D eigenvalue weighted by Crippen LogP contribution is 2.23. The molecule has 1 N–H and O–H groups in total. The molecule has 0 aliphatic carbocycles. The molecule has 1 amide bonds. The lowest BCUT2D eigenvalue weighted by Gasteiger charge is -2.08. The van der Waals surface area contributed by atoms with E-state index in [4.69, 9.17) is 16.3 Å². The van der Waals surface area contributed by atoms with Gasteiger partial charge < -0.3 is 10.1 Å². The molecule has 3 aromatic rings. The van der Waals surface area contributed by atoms with E-state index in [1.54, 1.807) is 37.0 Å².